The van der Waals surface area contributed by atoms with E-state index in [0.29, 0.717) is 0 Å². The van der Waals surface area contributed by atoms with Crippen molar-refractivity contribution in [2.45, 2.75) is 36.9 Å². The van der Waals surface area contributed by atoms with Crippen LogP contribution in [-0.2, 0) is 23.7 Å². The summed E-state index contributed by atoms with van der Waals surface area (Å²) in [6, 6.07) is 0. The zero-order chi connectivity index (χ0) is 28.4. The molecule has 8 heterocycles. The third-order valence-corrected chi connectivity index (χ3v) is 14.1. The molecule has 13 fully saturated rings. The number of ether oxygens (including phenoxy) is 5. The lowest BCUT2D eigenvalue weighted by Crippen LogP contribution is -2.53. The lowest BCUT2D eigenvalue weighted by atomic mass is 9.54. The summed E-state index contributed by atoms with van der Waals surface area (Å²) in [5.74, 6) is 7.29. The summed E-state index contributed by atoms with van der Waals surface area (Å²) in [6.07, 6.45) is 5.12. The minimum absolute atomic E-state index is 0.159. The molecule has 10 unspecified atom stereocenters. The predicted molar refractivity (Wildman–Crippen MR) is 162 cm³/mol. The van der Waals surface area contributed by atoms with E-state index in [1.165, 1.54) is 19.3 Å². The Kier molecular flexibility index (Phi) is 7.85. The molecule has 0 aromatic rings. The van der Waals surface area contributed by atoms with Crippen LogP contribution in [0.15, 0.2) is 0 Å². The molecule has 43 heavy (non-hydrogen) atoms. The molecule has 242 valence electrons. The zero-order valence-corrected chi connectivity index (χ0v) is 26.4. The Balaban J connectivity index is 0.958. The van der Waals surface area contributed by atoms with Crippen LogP contribution in [-0.4, -0.2) is 162 Å². The summed E-state index contributed by atoms with van der Waals surface area (Å²) in [4.78, 5) is 10.4. The highest BCUT2D eigenvalue weighted by molar-refractivity contribution is 5.43. The quantitative estimate of drug-likeness (QED) is 0.411. The molecule has 8 aliphatic heterocycles. The molecule has 5 saturated carbocycles. The molecule has 0 amide bonds. The van der Waals surface area contributed by atoms with Gasteiger partial charge in [-0.05, 0) is 86.1 Å². The number of nitrogens with zero attached hydrogens (tertiary/aromatic N) is 4. The Hall–Kier alpha value is -0.360. The Labute approximate surface area is 258 Å². The summed E-state index contributed by atoms with van der Waals surface area (Å²) in [7, 11) is 0. The van der Waals surface area contributed by atoms with E-state index in [1.54, 1.807) is 0 Å². The zero-order valence-electron chi connectivity index (χ0n) is 26.4. The van der Waals surface area contributed by atoms with Crippen LogP contribution in [0, 0.1) is 47.3 Å². The van der Waals surface area contributed by atoms with E-state index in [2.05, 4.69) is 19.6 Å². The number of hydrogen-bond acceptors (Lipinski definition) is 9. The number of rotatable bonds is 0. The SMILES string of the molecule is C1CN2CCOCCN(CCOCC2)CCC23OC4(CCN5CCOCCN(C1)CCOCC5)C1C5CC(C6C5C4C62)C13. The van der Waals surface area contributed by atoms with Gasteiger partial charge in [-0.15, -0.1) is 0 Å². The third-order valence-electron chi connectivity index (χ3n) is 14.1. The van der Waals surface area contributed by atoms with Gasteiger partial charge >= 0.3 is 0 Å². The van der Waals surface area contributed by atoms with Gasteiger partial charge in [-0.1, -0.05) is 0 Å². The first kappa shape index (κ1) is 28.8. The maximum atomic E-state index is 7.65. The minimum Gasteiger partial charge on any atom is -0.379 e. The molecule has 0 radical (unpaired) electrons. The molecule has 9 nitrogen and oxygen atoms in total. The topological polar surface area (TPSA) is 59.1 Å². The second-order valence-electron chi connectivity index (χ2n) is 15.5. The van der Waals surface area contributed by atoms with Crippen molar-refractivity contribution in [1.29, 1.82) is 0 Å². The second-order valence-corrected chi connectivity index (χ2v) is 15.5. The molecule has 0 aromatic carbocycles. The normalized spacial score (nSPS) is 55.3. The summed E-state index contributed by atoms with van der Waals surface area (Å²) in [6.45, 7) is 19.0. The van der Waals surface area contributed by atoms with E-state index in [9.17, 15) is 0 Å². The second kappa shape index (κ2) is 11.7. The molecule has 0 aromatic heterocycles. The highest BCUT2D eigenvalue weighted by Crippen LogP contribution is 2.93. The Morgan fingerprint density at radius 1 is 0.395 bits per heavy atom. The molecular formula is C34H56N4O5. The first-order valence-corrected chi connectivity index (χ1v) is 18.2. The van der Waals surface area contributed by atoms with E-state index >= 15 is 0 Å². The molecule has 9 heteroatoms. The Bertz CT molecular complexity index is 900. The molecule has 8 bridgehead atoms. The van der Waals surface area contributed by atoms with Gasteiger partial charge in [0.1, 0.15) is 0 Å². The van der Waals surface area contributed by atoms with Crippen LogP contribution in [0.3, 0.4) is 0 Å². The van der Waals surface area contributed by atoms with Crippen LogP contribution < -0.4 is 0 Å². The fourth-order valence-electron chi connectivity index (χ4n) is 12.8. The summed E-state index contributed by atoms with van der Waals surface area (Å²) < 4.78 is 32.6. The van der Waals surface area contributed by atoms with Gasteiger partial charge in [-0.2, -0.15) is 0 Å². The van der Waals surface area contributed by atoms with Crippen molar-refractivity contribution in [2.24, 2.45) is 47.3 Å². The Morgan fingerprint density at radius 3 is 1.12 bits per heavy atom. The van der Waals surface area contributed by atoms with Gasteiger partial charge in [0.25, 0.3) is 0 Å². The highest BCUT2D eigenvalue weighted by atomic mass is 16.5. The van der Waals surface area contributed by atoms with E-state index in [0.717, 1.165) is 185 Å². The lowest BCUT2D eigenvalue weighted by molar-refractivity contribution is -0.0871. The van der Waals surface area contributed by atoms with Crippen LogP contribution in [0.4, 0.5) is 0 Å². The average Bonchev–Trinajstić information content (AvgIpc) is 3.67. The van der Waals surface area contributed by atoms with Gasteiger partial charge in [-0.3, -0.25) is 19.6 Å². The summed E-state index contributed by atoms with van der Waals surface area (Å²) in [5.41, 5.74) is 0.317. The van der Waals surface area contributed by atoms with E-state index in [1.807, 2.05) is 0 Å². The fraction of sp³-hybridized carbons (Fsp3) is 1.00. The molecular weight excluding hydrogens is 544 g/mol. The van der Waals surface area contributed by atoms with Crippen molar-refractivity contribution in [1.82, 2.24) is 19.6 Å². The first-order chi connectivity index (χ1) is 21.3. The van der Waals surface area contributed by atoms with Crippen LogP contribution in [0.25, 0.3) is 0 Å². The summed E-state index contributed by atoms with van der Waals surface area (Å²) >= 11 is 0. The van der Waals surface area contributed by atoms with Crippen molar-refractivity contribution in [3.8, 4) is 0 Å². The van der Waals surface area contributed by atoms with Gasteiger partial charge < -0.3 is 23.7 Å². The minimum atomic E-state index is 0.159. The van der Waals surface area contributed by atoms with Gasteiger partial charge in [-0.25, -0.2) is 0 Å². The van der Waals surface area contributed by atoms with Crippen LogP contribution in [0.2, 0.25) is 0 Å². The molecule has 0 N–H and O–H groups in total. The molecule has 10 atom stereocenters. The first-order valence-electron chi connectivity index (χ1n) is 18.2. The maximum Gasteiger partial charge on any atom is 0.0771 e. The van der Waals surface area contributed by atoms with Crippen LogP contribution >= 0.6 is 0 Å². The third kappa shape index (κ3) is 4.57. The number of hydrogen-bond donors (Lipinski definition) is 0. The van der Waals surface area contributed by atoms with Gasteiger partial charge in [0.05, 0.1) is 64.1 Å². The van der Waals surface area contributed by atoms with Crippen molar-refractivity contribution >= 4 is 0 Å². The smallest absolute Gasteiger partial charge is 0.0771 e. The highest BCUT2D eigenvalue weighted by Gasteiger charge is 2.96. The molecule has 8 saturated heterocycles. The van der Waals surface area contributed by atoms with Crippen molar-refractivity contribution in [2.75, 3.05) is 131 Å². The van der Waals surface area contributed by atoms with E-state index in [-0.39, 0.29) is 11.2 Å². The lowest BCUT2D eigenvalue weighted by Gasteiger charge is -2.48. The molecule has 2 spiro atoms. The van der Waals surface area contributed by atoms with Gasteiger partial charge in [0, 0.05) is 65.4 Å². The van der Waals surface area contributed by atoms with Crippen LogP contribution in [0.1, 0.15) is 25.7 Å². The summed E-state index contributed by atoms with van der Waals surface area (Å²) in [5, 5.41) is 0. The standard InChI is InChI=1S/C34H56N4O5/c1-4-35-8-16-39-20-12-37(13-21-40-17-9-35)6-2-33-29-25-24-26-28-27(25)31(33)32(28)34(43-33,30(26)29)3-7-38-14-22-41-18-10-36(5-1)11-19-42-23-15-38/h25-32H,1-24H2. The van der Waals surface area contributed by atoms with Crippen molar-refractivity contribution < 1.29 is 23.7 Å². The Morgan fingerprint density at radius 2 is 0.744 bits per heavy atom. The average molecular weight is 601 g/mol. The predicted octanol–water partition coefficient (Wildman–Crippen LogP) is 1.37. The largest absolute Gasteiger partial charge is 0.379 e. The van der Waals surface area contributed by atoms with E-state index < -0.39 is 0 Å². The van der Waals surface area contributed by atoms with Crippen molar-refractivity contribution in [3.05, 3.63) is 0 Å². The van der Waals surface area contributed by atoms with Crippen LogP contribution in [0.5, 0.6) is 0 Å². The molecule has 13 rings (SSSR count). The fourth-order valence-corrected chi connectivity index (χ4v) is 12.8. The maximum absolute atomic E-state index is 7.65. The van der Waals surface area contributed by atoms with Crippen molar-refractivity contribution in [3.63, 3.8) is 0 Å². The van der Waals surface area contributed by atoms with E-state index in [4.69, 9.17) is 23.7 Å². The molecule has 5 aliphatic carbocycles. The van der Waals surface area contributed by atoms with Gasteiger partial charge in [0.2, 0.25) is 0 Å². The monoisotopic (exact) mass is 600 g/mol. The molecule has 13 aliphatic rings. The van der Waals surface area contributed by atoms with Gasteiger partial charge in [0.15, 0.2) is 0 Å².